The molecule has 3 unspecified atom stereocenters. The third-order valence-corrected chi connectivity index (χ3v) is 9.74. The van der Waals surface area contributed by atoms with Gasteiger partial charge in [-0.25, -0.2) is 0 Å². The maximum atomic E-state index is 13.4. The summed E-state index contributed by atoms with van der Waals surface area (Å²) in [4.78, 5) is 16.2. The highest BCUT2D eigenvalue weighted by molar-refractivity contribution is 6.16. The number of nitrogens with one attached hydrogen (secondary N) is 2. The fraction of sp³-hybridized carbons (Fsp3) is 0.459. The molecule has 3 atom stereocenters. The van der Waals surface area contributed by atoms with Crippen LogP contribution >= 0.6 is 0 Å². The summed E-state index contributed by atoms with van der Waals surface area (Å²) in [5.74, 6) is 0.995. The van der Waals surface area contributed by atoms with E-state index < -0.39 is 0 Å². The zero-order chi connectivity index (χ0) is 29.9. The van der Waals surface area contributed by atoms with Gasteiger partial charge in [-0.2, -0.15) is 0 Å². The molecule has 0 radical (unpaired) electrons. The van der Waals surface area contributed by atoms with E-state index >= 15 is 0 Å². The van der Waals surface area contributed by atoms with E-state index in [-0.39, 0.29) is 11.9 Å². The SMILES string of the molecule is CC(C)CC(NC(=O)c1ccc(N)c(C(=N)C2=CCC=C(CC3CC4CCC(C3)N4C3COC3)C=C2)c1)c1ccccc1. The largest absolute Gasteiger partial charge is 0.398 e. The molecule has 2 aromatic carbocycles. The van der Waals surface area contributed by atoms with E-state index in [2.05, 4.69) is 60.5 Å². The van der Waals surface area contributed by atoms with Gasteiger partial charge in [0.1, 0.15) is 0 Å². The Kier molecular flexibility index (Phi) is 8.96. The van der Waals surface area contributed by atoms with Gasteiger partial charge >= 0.3 is 0 Å². The lowest BCUT2D eigenvalue weighted by molar-refractivity contribution is -0.0963. The molecule has 3 heterocycles. The summed E-state index contributed by atoms with van der Waals surface area (Å²) in [5, 5.41) is 12.3. The normalized spacial score (nSPS) is 24.6. The molecule has 4 N–H and O–H groups in total. The van der Waals surface area contributed by atoms with Crippen LogP contribution in [0.4, 0.5) is 5.69 Å². The van der Waals surface area contributed by atoms with Gasteiger partial charge in [0.05, 0.1) is 31.0 Å². The first-order valence-corrected chi connectivity index (χ1v) is 16.1. The number of hydrogen-bond acceptors (Lipinski definition) is 5. The quantitative estimate of drug-likeness (QED) is 0.209. The van der Waals surface area contributed by atoms with Crippen LogP contribution in [0.25, 0.3) is 0 Å². The van der Waals surface area contributed by atoms with Crippen LogP contribution in [0.3, 0.4) is 0 Å². The molecule has 3 saturated heterocycles. The lowest BCUT2D eigenvalue weighted by Gasteiger charge is -2.46. The number of amides is 1. The van der Waals surface area contributed by atoms with E-state index in [9.17, 15) is 4.79 Å². The Morgan fingerprint density at radius 1 is 1.02 bits per heavy atom. The van der Waals surface area contributed by atoms with Gasteiger partial charge in [-0.1, -0.05) is 74.1 Å². The molecule has 3 aliphatic heterocycles. The molecular weight excluding hydrogens is 532 g/mol. The van der Waals surface area contributed by atoms with Crippen LogP contribution in [-0.2, 0) is 4.74 Å². The number of nitrogen functional groups attached to an aromatic ring is 1. The highest BCUT2D eigenvalue weighted by atomic mass is 16.5. The summed E-state index contributed by atoms with van der Waals surface area (Å²) in [5.41, 5.74) is 11.7. The summed E-state index contributed by atoms with van der Waals surface area (Å²) in [7, 11) is 0. The van der Waals surface area contributed by atoms with Crippen molar-refractivity contribution < 1.29 is 9.53 Å². The van der Waals surface area contributed by atoms with Crippen molar-refractivity contribution in [3.63, 3.8) is 0 Å². The highest BCUT2D eigenvalue weighted by Crippen LogP contribution is 2.43. The van der Waals surface area contributed by atoms with Crippen LogP contribution < -0.4 is 11.1 Å². The lowest BCUT2D eigenvalue weighted by atomic mass is 9.84. The Bertz CT molecular complexity index is 1410. The van der Waals surface area contributed by atoms with E-state index in [0.717, 1.165) is 55.7 Å². The predicted molar refractivity (Wildman–Crippen MR) is 174 cm³/mol. The Balaban J connectivity index is 1.10. The number of ether oxygens (including phenoxy) is 1. The molecule has 1 amide bonds. The number of hydrogen-bond donors (Lipinski definition) is 3. The molecule has 0 spiro atoms. The monoisotopic (exact) mass is 578 g/mol. The number of piperidine rings is 1. The minimum absolute atomic E-state index is 0.0826. The average Bonchev–Trinajstić information content (AvgIpc) is 3.12. The van der Waals surface area contributed by atoms with Gasteiger partial charge < -0.3 is 15.8 Å². The summed E-state index contributed by atoms with van der Waals surface area (Å²) in [6.07, 6.45) is 16.6. The van der Waals surface area contributed by atoms with Gasteiger partial charge in [0.15, 0.2) is 0 Å². The van der Waals surface area contributed by atoms with E-state index in [1.54, 1.807) is 18.2 Å². The second-order valence-corrected chi connectivity index (χ2v) is 13.3. The van der Waals surface area contributed by atoms with Crippen LogP contribution in [0.2, 0.25) is 0 Å². The van der Waals surface area contributed by atoms with Crippen molar-refractivity contribution in [2.45, 2.75) is 83.0 Å². The number of allylic oxidation sites excluding steroid dienone is 6. The molecule has 0 saturated carbocycles. The second kappa shape index (κ2) is 13.0. The van der Waals surface area contributed by atoms with Crippen molar-refractivity contribution >= 4 is 17.3 Å². The number of benzene rings is 2. The lowest BCUT2D eigenvalue weighted by Crippen LogP contribution is -2.56. The number of nitrogens with two attached hydrogens (primary N) is 1. The van der Waals surface area contributed by atoms with Gasteiger partial charge in [0.25, 0.3) is 5.91 Å². The zero-order valence-electron chi connectivity index (χ0n) is 25.6. The maximum Gasteiger partial charge on any atom is 0.251 e. The number of carbonyl (C=O) groups excluding carboxylic acids is 1. The first kappa shape index (κ1) is 29.6. The van der Waals surface area contributed by atoms with Crippen LogP contribution in [0.5, 0.6) is 0 Å². The Hall–Kier alpha value is -3.48. The average molecular weight is 579 g/mol. The molecule has 6 nitrogen and oxygen atoms in total. The molecule has 6 heteroatoms. The van der Waals surface area contributed by atoms with Crippen LogP contribution in [0, 0.1) is 17.2 Å². The second-order valence-electron chi connectivity index (χ2n) is 13.3. The summed E-state index contributed by atoms with van der Waals surface area (Å²) < 4.78 is 5.50. The fourth-order valence-corrected chi connectivity index (χ4v) is 7.57. The highest BCUT2D eigenvalue weighted by Gasteiger charge is 2.45. The summed E-state index contributed by atoms with van der Waals surface area (Å²) in [6.45, 7) is 6.15. The van der Waals surface area contributed by atoms with Crippen LogP contribution in [0.15, 0.2) is 84.0 Å². The molecule has 226 valence electrons. The van der Waals surface area contributed by atoms with E-state index in [0.29, 0.717) is 40.4 Å². The van der Waals surface area contributed by atoms with Gasteiger partial charge in [-0.3, -0.25) is 15.1 Å². The number of anilines is 1. The smallest absolute Gasteiger partial charge is 0.251 e. The molecule has 4 aliphatic rings. The zero-order valence-corrected chi connectivity index (χ0v) is 25.6. The van der Waals surface area contributed by atoms with Crippen LogP contribution in [-0.4, -0.2) is 47.9 Å². The van der Waals surface area contributed by atoms with Crippen molar-refractivity contribution in [3.8, 4) is 0 Å². The molecule has 43 heavy (non-hydrogen) atoms. The third-order valence-electron chi connectivity index (χ3n) is 9.74. The molecule has 6 rings (SSSR count). The maximum absolute atomic E-state index is 13.4. The first-order valence-electron chi connectivity index (χ1n) is 16.1. The van der Waals surface area contributed by atoms with Crippen molar-refractivity contribution in [1.29, 1.82) is 5.41 Å². The number of fused-ring (bicyclic) bond motifs is 2. The minimum atomic E-state index is -0.150. The Morgan fingerprint density at radius 2 is 1.77 bits per heavy atom. The van der Waals surface area contributed by atoms with Crippen molar-refractivity contribution in [2.75, 3.05) is 18.9 Å². The summed E-state index contributed by atoms with van der Waals surface area (Å²) >= 11 is 0. The Morgan fingerprint density at radius 3 is 2.44 bits per heavy atom. The molecule has 1 aliphatic carbocycles. The standard InChI is InChI=1S/C37H46N4O2/c1-24(2)17-35(27-8-4-3-5-9-27)40-37(42)29-13-16-34(38)33(21-29)36(39)28-10-6-7-25(11-12-28)18-26-19-30-14-15-31(20-26)41(30)32-22-43-23-32/h3-5,7-13,16,21,24,26,30-32,35,39H,6,14-15,17-20,22-23,38H2,1-2H3,(H,40,42). The molecule has 0 aromatic heterocycles. The van der Waals surface area contributed by atoms with Crippen molar-refractivity contribution in [3.05, 3.63) is 101 Å². The number of carbonyl (C=O) groups is 1. The molecule has 2 bridgehead atoms. The van der Waals surface area contributed by atoms with E-state index in [1.165, 1.54) is 31.3 Å². The van der Waals surface area contributed by atoms with Gasteiger partial charge in [-0.15, -0.1) is 0 Å². The third kappa shape index (κ3) is 6.71. The molecular formula is C37H46N4O2. The minimum Gasteiger partial charge on any atom is -0.398 e. The fourth-order valence-electron chi connectivity index (χ4n) is 7.57. The van der Waals surface area contributed by atoms with Crippen molar-refractivity contribution in [2.24, 2.45) is 11.8 Å². The Labute approximate surface area is 256 Å². The van der Waals surface area contributed by atoms with E-state index in [4.69, 9.17) is 15.9 Å². The van der Waals surface area contributed by atoms with Gasteiger partial charge in [0, 0.05) is 28.9 Å². The number of nitrogens with zero attached hydrogens (tertiary/aromatic N) is 1. The summed E-state index contributed by atoms with van der Waals surface area (Å²) in [6, 6.07) is 17.4. The van der Waals surface area contributed by atoms with E-state index in [1.807, 2.05) is 18.2 Å². The topological polar surface area (TPSA) is 91.4 Å². The first-order chi connectivity index (χ1) is 20.9. The molecule has 2 aromatic rings. The van der Waals surface area contributed by atoms with Gasteiger partial charge in [0.2, 0.25) is 0 Å². The predicted octanol–water partition coefficient (Wildman–Crippen LogP) is 7.00. The van der Waals surface area contributed by atoms with Gasteiger partial charge in [-0.05, 0) is 86.1 Å². The number of rotatable bonds is 10. The molecule has 3 fully saturated rings. The van der Waals surface area contributed by atoms with Crippen molar-refractivity contribution in [1.82, 2.24) is 10.2 Å². The van der Waals surface area contributed by atoms with Crippen LogP contribution in [0.1, 0.15) is 86.3 Å².